The Balaban J connectivity index is 1.92. The average molecular weight is 274 g/mol. The molecule has 2 rings (SSSR count). The van der Waals surface area contributed by atoms with E-state index < -0.39 is 0 Å². The van der Waals surface area contributed by atoms with E-state index in [0.717, 1.165) is 17.9 Å². The summed E-state index contributed by atoms with van der Waals surface area (Å²) in [7, 11) is 1.94. The number of benzene rings is 1. The summed E-state index contributed by atoms with van der Waals surface area (Å²) in [4.78, 5) is 1.95. The van der Waals surface area contributed by atoms with Gasteiger partial charge >= 0.3 is 0 Å². The van der Waals surface area contributed by atoms with Gasteiger partial charge in [0.25, 0.3) is 0 Å². The molecule has 1 aromatic carbocycles. The van der Waals surface area contributed by atoms with Gasteiger partial charge in [-0.15, -0.1) is 0 Å². The predicted molar refractivity (Wildman–Crippen MR) is 82.2 cm³/mol. The van der Waals surface area contributed by atoms with Gasteiger partial charge in [0.15, 0.2) is 5.11 Å². The van der Waals surface area contributed by atoms with Gasteiger partial charge in [0.2, 0.25) is 0 Å². The SMILES string of the molecule is CCc1ccc(NC(=S)N(C)Cc2ccco2)cc1. The minimum atomic E-state index is 0.659. The molecular formula is C15H18N2OS. The highest BCUT2D eigenvalue weighted by molar-refractivity contribution is 7.80. The van der Waals surface area contributed by atoms with E-state index in [-0.39, 0.29) is 0 Å². The Morgan fingerprint density at radius 3 is 2.58 bits per heavy atom. The second kappa shape index (κ2) is 6.38. The summed E-state index contributed by atoms with van der Waals surface area (Å²) < 4.78 is 5.31. The fourth-order valence-electron chi connectivity index (χ4n) is 1.75. The molecule has 0 aliphatic rings. The molecule has 19 heavy (non-hydrogen) atoms. The first-order valence-electron chi connectivity index (χ1n) is 6.32. The molecule has 4 heteroatoms. The number of rotatable bonds is 4. The quantitative estimate of drug-likeness (QED) is 0.861. The molecule has 0 amide bonds. The van der Waals surface area contributed by atoms with E-state index in [2.05, 4.69) is 24.4 Å². The minimum Gasteiger partial charge on any atom is -0.467 e. The van der Waals surface area contributed by atoms with Crippen molar-refractivity contribution in [2.75, 3.05) is 12.4 Å². The molecule has 0 aliphatic carbocycles. The molecule has 1 heterocycles. The summed E-state index contributed by atoms with van der Waals surface area (Å²) in [6.07, 6.45) is 2.71. The van der Waals surface area contributed by atoms with Gasteiger partial charge in [-0.1, -0.05) is 19.1 Å². The predicted octanol–water partition coefficient (Wildman–Crippen LogP) is 3.67. The lowest BCUT2D eigenvalue weighted by Crippen LogP contribution is -2.30. The highest BCUT2D eigenvalue weighted by Crippen LogP contribution is 2.11. The van der Waals surface area contributed by atoms with Crippen molar-refractivity contribution in [2.45, 2.75) is 19.9 Å². The van der Waals surface area contributed by atoms with E-state index in [0.29, 0.717) is 11.7 Å². The van der Waals surface area contributed by atoms with Crippen molar-refractivity contribution in [1.29, 1.82) is 0 Å². The van der Waals surface area contributed by atoms with E-state index in [4.69, 9.17) is 16.6 Å². The van der Waals surface area contributed by atoms with Gasteiger partial charge in [-0.3, -0.25) is 0 Å². The lowest BCUT2D eigenvalue weighted by Gasteiger charge is -2.20. The van der Waals surface area contributed by atoms with Crippen LogP contribution in [0.5, 0.6) is 0 Å². The zero-order chi connectivity index (χ0) is 13.7. The van der Waals surface area contributed by atoms with Gasteiger partial charge in [-0.2, -0.15) is 0 Å². The standard InChI is InChI=1S/C15H18N2OS/c1-3-12-6-8-13(9-7-12)16-15(19)17(2)11-14-5-4-10-18-14/h4-10H,3,11H2,1-2H3,(H,16,19). The van der Waals surface area contributed by atoms with Crippen LogP contribution < -0.4 is 5.32 Å². The highest BCUT2D eigenvalue weighted by Gasteiger charge is 2.07. The zero-order valence-corrected chi connectivity index (χ0v) is 12.0. The average Bonchev–Trinajstić information content (AvgIpc) is 2.92. The first-order chi connectivity index (χ1) is 9.19. The second-order valence-corrected chi connectivity index (χ2v) is 4.80. The van der Waals surface area contributed by atoms with Gasteiger partial charge in [0.1, 0.15) is 5.76 Å². The topological polar surface area (TPSA) is 28.4 Å². The Hall–Kier alpha value is -1.81. The zero-order valence-electron chi connectivity index (χ0n) is 11.2. The van der Waals surface area contributed by atoms with Crippen LogP contribution in [-0.4, -0.2) is 17.1 Å². The Morgan fingerprint density at radius 2 is 2.00 bits per heavy atom. The second-order valence-electron chi connectivity index (χ2n) is 4.42. The van der Waals surface area contributed by atoms with Gasteiger partial charge in [-0.05, 0) is 48.5 Å². The number of anilines is 1. The van der Waals surface area contributed by atoms with Crippen molar-refractivity contribution in [1.82, 2.24) is 4.90 Å². The lowest BCUT2D eigenvalue weighted by atomic mass is 10.1. The fourth-order valence-corrected chi connectivity index (χ4v) is 1.93. The molecule has 0 fully saturated rings. The number of hydrogen-bond donors (Lipinski definition) is 1. The molecule has 2 aromatic rings. The molecule has 0 bridgehead atoms. The van der Waals surface area contributed by atoms with Crippen LogP contribution in [0.25, 0.3) is 0 Å². The summed E-state index contributed by atoms with van der Waals surface area (Å²) in [5, 5.41) is 3.90. The highest BCUT2D eigenvalue weighted by atomic mass is 32.1. The van der Waals surface area contributed by atoms with Crippen molar-refractivity contribution >= 4 is 23.0 Å². The third kappa shape index (κ3) is 3.83. The summed E-state index contributed by atoms with van der Waals surface area (Å²) in [5.41, 5.74) is 2.33. The Morgan fingerprint density at radius 1 is 1.26 bits per heavy atom. The first-order valence-corrected chi connectivity index (χ1v) is 6.73. The summed E-state index contributed by atoms with van der Waals surface area (Å²) in [5.74, 6) is 0.896. The molecule has 1 N–H and O–H groups in total. The first kappa shape index (κ1) is 13.6. The summed E-state index contributed by atoms with van der Waals surface area (Å²) in [6.45, 7) is 2.80. The minimum absolute atomic E-state index is 0.659. The van der Waals surface area contributed by atoms with Crippen LogP contribution >= 0.6 is 12.2 Å². The van der Waals surface area contributed by atoms with Crippen molar-refractivity contribution in [2.24, 2.45) is 0 Å². The number of nitrogens with one attached hydrogen (secondary N) is 1. The van der Waals surface area contributed by atoms with Gasteiger partial charge < -0.3 is 14.6 Å². The number of aryl methyl sites for hydroxylation is 1. The van der Waals surface area contributed by atoms with E-state index in [1.807, 2.05) is 36.2 Å². The Kier molecular flexibility index (Phi) is 4.58. The molecule has 1 aromatic heterocycles. The maximum atomic E-state index is 5.37. The molecule has 3 nitrogen and oxygen atoms in total. The van der Waals surface area contributed by atoms with Crippen molar-refractivity contribution in [3.8, 4) is 0 Å². The number of thiocarbonyl (C=S) groups is 1. The summed E-state index contributed by atoms with van der Waals surface area (Å²) >= 11 is 5.37. The largest absolute Gasteiger partial charge is 0.467 e. The van der Waals surface area contributed by atoms with Gasteiger partial charge in [0, 0.05) is 12.7 Å². The lowest BCUT2D eigenvalue weighted by molar-refractivity contribution is 0.414. The van der Waals surface area contributed by atoms with Crippen LogP contribution in [-0.2, 0) is 13.0 Å². The normalized spacial score (nSPS) is 10.2. The fraction of sp³-hybridized carbons (Fsp3) is 0.267. The number of furan rings is 1. The molecule has 0 atom stereocenters. The van der Waals surface area contributed by atoms with Crippen LogP contribution in [0.15, 0.2) is 47.1 Å². The molecular weight excluding hydrogens is 256 g/mol. The van der Waals surface area contributed by atoms with E-state index >= 15 is 0 Å². The summed E-state index contributed by atoms with van der Waals surface area (Å²) in [6, 6.07) is 12.1. The molecule has 0 saturated carbocycles. The third-order valence-corrected chi connectivity index (χ3v) is 3.35. The van der Waals surface area contributed by atoms with Gasteiger partial charge in [0.05, 0.1) is 12.8 Å². The van der Waals surface area contributed by atoms with E-state index in [1.54, 1.807) is 6.26 Å². The van der Waals surface area contributed by atoms with Crippen LogP contribution in [0.3, 0.4) is 0 Å². The van der Waals surface area contributed by atoms with Crippen LogP contribution in [0.2, 0.25) is 0 Å². The molecule has 0 aliphatic heterocycles. The number of nitrogens with zero attached hydrogens (tertiary/aromatic N) is 1. The van der Waals surface area contributed by atoms with Crippen molar-refractivity contribution in [3.05, 3.63) is 54.0 Å². The molecule has 0 saturated heterocycles. The van der Waals surface area contributed by atoms with E-state index in [9.17, 15) is 0 Å². The van der Waals surface area contributed by atoms with Crippen LogP contribution in [0.1, 0.15) is 18.2 Å². The third-order valence-electron chi connectivity index (χ3n) is 2.93. The van der Waals surface area contributed by atoms with Crippen LogP contribution in [0.4, 0.5) is 5.69 Å². The van der Waals surface area contributed by atoms with Crippen LogP contribution in [0, 0.1) is 0 Å². The van der Waals surface area contributed by atoms with E-state index in [1.165, 1.54) is 5.56 Å². The molecule has 0 unspecified atom stereocenters. The Labute approximate surface area is 119 Å². The Bertz CT molecular complexity index is 520. The number of hydrogen-bond acceptors (Lipinski definition) is 2. The maximum Gasteiger partial charge on any atom is 0.173 e. The van der Waals surface area contributed by atoms with Gasteiger partial charge in [-0.25, -0.2) is 0 Å². The molecule has 0 radical (unpaired) electrons. The molecule has 0 spiro atoms. The molecule has 100 valence electrons. The smallest absolute Gasteiger partial charge is 0.173 e. The van der Waals surface area contributed by atoms with Crippen molar-refractivity contribution in [3.63, 3.8) is 0 Å². The van der Waals surface area contributed by atoms with Crippen molar-refractivity contribution < 1.29 is 4.42 Å². The maximum absolute atomic E-state index is 5.37. The monoisotopic (exact) mass is 274 g/mol.